The number of ether oxygens (including phenoxy) is 1. The van der Waals surface area contributed by atoms with E-state index in [4.69, 9.17) is 0 Å². The zero-order valence-corrected chi connectivity index (χ0v) is 21.9. The Morgan fingerprint density at radius 2 is 0.400 bits per heavy atom. The van der Waals surface area contributed by atoms with Crippen molar-refractivity contribution in [3.63, 3.8) is 0 Å². The predicted octanol–water partition coefficient (Wildman–Crippen LogP) is 10.5. The smallest absolute Gasteiger partial charge is 0.327 e. The highest BCUT2D eigenvalue weighted by Crippen LogP contribution is 2.72. The van der Waals surface area contributed by atoms with Gasteiger partial charge in [-0.2, -0.15) is 114 Å². The third-order valence-electron chi connectivity index (χ3n) is 5.08. The van der Waals surface area contributed by atoms with E-state index in [2.05, 4.69) is 0 Å². The molecule has 0 aliphatic carbocycles. The van der Waals surface area contributed by atoms with E-state index in [0.29, 0.717) is 0 Å². The fraction of sp³-hybridized carbons (Fsp3) is 1.00. The van der Waals surface area contributed by atoms with Gasteiger partial charge in [-0.25, -0.2) is 8.78 Å². The zero-order valence-electron chi connectivity index (χ0n) is 18.7. The van der Waals surface area contributed by atoms with Crippen LogP contribution in [0.4, 0.5) is 123 Å². The van der Waals surface area contributed by atoms with Crippen LogP contribution in [0.1, 0.15) is 0 Å². The second-order valence-corrected chi connectivity index (χ2v) is 10.1. The molecule has 0 heterocycles. The van der Waals surface area contributed by atoms with Crippen LogP contribution in [0.25, 0.3) is 0 Å². The van der Waals surface area contributed by atoms with Crippen molar-refractivity contribution in [2.45, 2.75) is 81.1 Å². The van der Waals surface area contributed by atoms with Gasteiger partial charge in [-0.1, -0.05) is 0 Å². The summed E-state index contributed by atoms with van der Waals surface area (Å²) < 4.78 is 361. The predicted molar refractivity (Wildman–Crippen MR) is 88.2 cm³/mol. The topological polar surface area (TPSA) is 9.23 Å². The Balaban J connectivity index is 9.00. The minimum atomic E-state index is -9.59. The van der Waals surface area contributed by atoms with Crippen LogP contribution in [0.5, 0.6) is 0 Å². The molecule has 0 fully saturated rings. The van der Waals surface area contributed by atoms with Crippen molar-refractivity contribution in [3.05, 3.63) is 0 Å². The quantitative estimate of drug-likeness (QED) is 0.174. The first-order valence-electron chi connectivity index (χ1n) is 9.08. The van der Waals surface area contributed by atoms with Gasteiger partial charge in [0.1, 0.15) is 0 Å². The molecule has 0 amide bonds. The summed E-state index contributed by atoms with van der Waals surface area (Å²) in [6.07, 6.45) is -53.8. The van der Waals surface area contributed by atoms with Crippen molar-refractivity contribution in [2.24, 2.45) is 0 Å². The molecule has 0 radical (unpaired) electrons. The van der Waals surface area contributed by atoms with Crippen LogP contribution < -0.4 is 0 Å². The Morgan fingerprint density at radius 1 is 0.244 bits per heavy atom. The molecule has 0 rings (SSSR count). The van der Waals surface area contributed by atoms with E-state index in [1.165, 1.54) is 0 Å². The average molecular weight is 876 g/mol. The summed E-state index contributed by atoms with van der Waals surface area (Å²) in [5.74, 6) is -36.0. The molecule has 1 nitrogen and oxygen atoms in total. The maximum atomic E-state index is 14.9. The van der Waals surface area contributed by atoms with Gasteiger partial charge in [0.05, 0.1) is 0 Å². The summed E-state index contributed by atoms with van der Waals surface area (Å²) in [5, 5.41) is 0. The van der Waals surface area contributed by atoms with Crippen molar-refractivity contribution < 1.29 is 128 Å². The molecular weight excluding hydrogens is 876 g/mol. The van der Waals surface area contributed by atoms with E-state index < -0.39 is 113 Å². The number of rotatable bonds is 8. The van der Waals surface area contributed by atoms with Gasteiger partial charge >= 0.3 is 72.0 Å². The molecule has 0 aliphatic heterocycles. The van der Waals surface area contributed by atoms with Crippen LogP contribution in [-0.2, 0) is 4.74 Å². The minimum Gasteiger partial charge on any atom is -0.327 e. The molecule has 0 aromatic heterocycles. The van der Waals surface area contributed by atoms with E-state index in [0.717, 1.165) is 4.74 Å². The molecule has 0 saturated heterocycles. The normalized spacial score (nSPS) is 19.3. The lowest BCUT2D eigenvalue weighted by Crippen LogP contribution is -2.84. The molecule has 2 unspecified atom stereocenters. The van der Waals surface area contributed by atoms with E-state index in [9.17, 15) is 123 Å². The first-order chi connectivity index (χ1) is 18.7. The monoisotopic (exact) mass is 874 g/mol. The molecule has 2 atom stereocenters. The highest BCUT2D eigenvalue weighted by molar-refractivity contribution is 9.10. The third kappa shape index (κ3) is 5.65. The van der Waals surface area contributed by atoms with Crippen molar-refractivity contribution in [1.29, 1.82) is 0 Å². The van der Waals surface area contributed by atoms with Crippen molar-refractivity contribution in [1.82, 2.24) is 0 Å². The molecule has 272 valence electrons. The van der Waals surface area contributed by atoms with Crippen LogP contribution in [0.15, 0.2) is 0 Å². The van der Waals surface area contributed by atoms with Crippen molar-refractivity contribution in [3.8, 4) is 0 Å². The Bertz CT molecular complexity index is 950. The van der Waals surface area contributed by atoms with Crippen molar-refractivity contribution >= 4 is 31.9 Å². The Hall–Kier alpha value is -1.04. The molecule has 0 spiro atoms. The second kappa shape index (κ2) is 10.7. The number of halogens is 30. The SMILES string of the molecule is FC(F)(F)C(F)(F)C(F)(F)C(F)(Br)C(OC(C(F)(F)F)(C(F)(F)F)C(F)(Br)C(F)(F)C(F)(F)C(F)(F)F)(C(F)(F)F)C(F)(F)F. The fourth-order valence-electron chi connectivity index (χ4n) is 2.82. The van der Waals surface area contributed by atoms with Gasteiger partial charge in [-0.05, 0) is 31.9 Å². The van der Waals surface area contributed by atoms with Gasteiger partial charge in [0, 0.05) is 0 Å². The number of alkyl halides is 30. The number of hydrogen-bond acceptors (Lipinski definition) is 1. The average Bonchev–Trinajstić information content (AvgIpc) is 2.67. The first-order valence-corrected chi connectivity index (χ1v) is 10.7. The summed E-state index contributed by atoms with van der Waals surface area (Å²) in [7, 11) is 0. The Morgan fingerprint density at radius 3 is 0.511 bits per heavy atom. The number of hydrogen-bond donors (Lipinski definition) is 0. The van der Waals surface area contributed by atoms with E-state index in [-0.39, 0.29) is 0 Å². The third-order valence-corrected chi connectivity index (χ3v) is 7.19. The van der Waals surface area contributed by atoms with E-state index >= 15 is 0 Å². The maximum Gasteiger partial charge on any atom is 0.460 e. The molecule has 0 bridgehead atoms. The second-order valence-electron chi connectivity index (χ2n) is 7.90. The summed E-state index contributed by atoms with van der Waals surface area (Å²) in [4.78, 5) is 0. The molecule has 0 N–H and O–H groups in total. The highest BCUT2D eigenvalue weighted by Gasteiger charge is 3.01. The summed E-state index contributed by atoms with van der Waals surface area (Å²) in [6.45, 7) is 0. The summed E-state index contributed by atoms with van der Waals surface area (Å²) in [5.41, 5.74) is -19.2. The van der Waals surface area contributed by atoms with Crippen LogP contribution in [-0.4, -0.2) is 81.1 Å². The van der Waals surface area contributed by atoms with Gasteiger partial charge in [-0.15, -0.1) is 0 Å². The van der Waals surface area contributed by atoms with E-state index in [1.54, 1.807) is 0 Å². The van der Waals surface area contributed by atoms with Gasteiger partial charge in [0.25, 0.3) is 9.16 Å². The van der Waals surface area contributed by atoms with Crippen LogP contribution in [0, 0.1) is 0 Å². The van der Waals surface area contributed by atoms with Crippen LogP contribution in [0.2, 0.25) is 0 Å². The summed E-state index contributed by atoms with van der Waals surface area (Å²) >= 11 is -1.10. The molecular formula is C14Br2F28O. The Kier molecular flexibility index (Phi) is 10.5. The molecule has 31 heteroatoms. The lowest BCUT2D eigenvalue weighted by Gasteiger charge is -2.54. The first kappa shape index (κ1) is 44.0. The highest BCUT2D eigenvalue weighted by atomic mass is 79.9. The van der Waals surface area contributed by atoms with Gasteiger partial charge in [-0.3, -0.25) is 0 Å². The molecule has 0 aromatic rings. The molecule has 45 heavy (non-hydrogen) atoms. The van der Waals surface area contributed by atoms with Crippen molar-refractivity contribution in [2.75, 3.05) is 0 Å². The maximum absolute atomic E-state index is 14.9. The van der Waals surface area contributed by atoms with Gasteiger partial charge < -0.3 is 4.74 Å². The Labute approximate surface area is 241 Å². The van der Waals surface area contributed by atoms with Gasteiger partial charge in [0.15, 0.2) is 0 Å². The largest absolute Gasteiger partial charge is 0.460 e. The summed E-state index contributed by atoms with van der Waals surface area (Å²) in [6, 6.07) is 0. The zero-order chi connectivity index (χ0) is 37.7. The molecule has 0 aliphatic rings. The standard InChI is InChI=1S/C14Br2F28O/c15-3(17,5(19,20)7(23,24)13(39,40)41)1(9(27,28)29,10(30,31)32)45-2(11(33,34)35,12(36,37)38)4(16,18)6(21,22)8(25,26)14(42,43)44. The lowest BCUT2D eigenvalue weighted by molar-refractivity contribution is -0.516. The fourth-order valence-corrected chi connectivity index (χ4v) is 4.37. The van der Waals surface area contributed by atoms with Crippen LogP contribution in [0.3, 0.4) is 0 Å². The molecule has 0 saturated carbocycles. The van der Waals surface area contributed by atoms with E-state index in [1.807, 2.05) is 0 Å². The minimum absolute atomic E-state index is 0.548. The van der Waals surface area contributed by atoms with Crippen LogP contribution >= 0.6 is 31.9 Å². The van der Waals surface area contributed by atoms with Gasteiger partial charge in [0.2, 0.25) is 0 Å². The lowest BCUT2D eigenvalue weighted by atomic mass is 9.83. The molecule has 0 aromatic carbocycles.